The van der Waals surface area contributed by atoms with Crippen molar-refractivity contribution in [1.29, 1.82) is 5.26 Å². The van der Waals surface area contributed by atoms with Crippen molar-refractivity contribution in [2.75, 3.05) is 21.3 Å². The Labute approximate surface area is 163 Å². The van der Waals surface area contributed by atoms with E-state index in [1.165, 1.54) is 6.26 Å². The molecule has 6 nitrogen and oxygen atoms in total. The molecule has 3 aliphatic rings. The van der Waals surface area contributed by atoms with Crippen LogP contribution in [-0.4, -0.2) is 33.1 Å². The maximum absolute atomic E-state index is 9.73. The van der Waals surface area contributed by atoms with E-state index < -0.39 is 0 Å². The Morgan fingerprint density at radius 2 is 1.79 bits per heavy atom. The number of hydrogen-bond acceptors (Lipinski definition) is 6. The standard InChI is InChI=1S/C22H20N2O4/c1-12-10-24-20-15(12)5-6-16-19(14(9-23)11-28-21(16)20)13-7-17(25-2)22(27-4)18(8-13)26-3/h5-8,10-11,19,21H,1-4H3. The lowest BCUT2D eigenvalue weighted by atomic mass is 9.76. The summed E-state index contributed by atoms with van der Waals surface area (Å²) in [5, 5.41) is 9.73. The highest BCUT2D eigenvalue weighted by atomic mass is 16.5. The van der Waals surface area contributed by atoms with Crippen LogP contribution >= 0.6 is 0 Å². The van der Waals surface area contributed by atoms with Crippen molar-refractivity contribution in [3.63, 3.8) is 0 Å². The van der Waals surface area contributed by atoms with Gasteiger partial charge in [-0.2, -0.15) is 5.26 Å². The first-order chi connectivity index (χ1) is 13.6. The van der Waals surface area contributed by atoms with Gasteiger partial charge in [0.2, 0.25) is 5.75 Å². The minimum absolute atomic E-state index is 0.293. The Morgan fingerprint density at radius 1 is 1.07 bits per heavy atom. The van der Waals surface area contributed by atoms with Crippen molar-refractivity contribution in [1.82, 2.24) is 0 Å². The summed E-state index contributed by atoms with van der Waals surface area (Å²) in [6.45, 7) is 2.03. The number of rotatable bonds is 4. The second kappa shape index (κ2) is 6.93. The molecular formula is C22H20N2O4. The van der Waals surface area contributed by atoms with Crippen LogP contribution in [0.1, 0.15) is 18.4 Å². The molecule has 6 heteroatoms. The minimum atomic E-state index is -0.324. The minimum Gasteiger partial charge on any atom is -0.493 e. The van der Waals surface area contributed by atoms with Crippen LogP contribution in [0, 0.1) is 11.3 Å². The zero-order valence-corrected chi connectivity index (χ0v) is 16.1. The fourth-order valence-electron chi connectivity index (χ4n) is 3.87. The monoisotopic (exact) mass is 376 g/mol. The molecule has 2 atom stereocenters. The molecule has 0 aromatic heterocycles. The van der Waals surface area contributed by atoms with Crippen LogP contribution in [0.2, 0.25) is 0 Å². The number of methoxy groups -OCH3 is 3. The molecule has 142 valence electrons. The zero-order chi connectivity index (χ0) is 19.8. The van der Waals surface area contributed by atoms with Crippen molar-refractivity contribution in [3.05, 3.63) is 64.6 Å². The normalized spacial score (nSPS) is 22.2. The molecule has 1 aromatic rings. The van der Waals surface area contributed by atoms with E-state index in [2.05, 4.69) is 11.1 Å². The van der Waals surface area contributed by atoms with Gasteiger partial charge in [-0.1, -0.05) is 12.2 Å². The molecule has 1 aromatic carbocycles. The van der Waals surface area contributed by atoms with E-state index in [1.807, 2.05) is 37.4 Å². The van der Waals surface area contributed by atoms with E-state index >= 15 is 0 Å². The topological polar surface area (TPSA) is 73.1 Å². The van der Waals surface area contributed by atoms with Gasteiger partial charge >= 0.3 is 0 Å². The molecule has 0 saturated carbocycles. The Kier molecular flexibility index (Phi) is 4.44. The van der Waals surface area contributed by atoms with Gasteiger partial charge in [-0.05, 0) is 35.8 Å². The number of nitrogens with zero attached hydrogens (tertiary/aromatic N) is 2. The molecule has 2 heterocycles. The predicted molar refractivity (Wildman–Crippen MR) is 105 cm³/mol. The largest absolute Gasteiger partial charge is 0.493 e. The van der Waals surface area contributed by atoms with Crippen LogP contribution in [0.15, 0.2) is 64.0 Å². The molecule has 0 saturated heterocycles. The lowest BCUT2D eigenvalue weighted by Crippen LogP contribution is -2.34. The van der Waals surface area contributed by atoms with E-state index in [1.54, 1.807) is 21.3 Å². The van der Waals surface area contributed by atoms with Crippen molar-refractivity contribution in [3.8, 4) is 23.3 Å². The highest BCUT2D eigenvalue weighted by molar-refractivity contribution is 6.12. The SMILES string of the molecule is COc1cc(C2C(C#N)=COC3C2=CC=C2C(C)=CN=C23)cc(OC)c1OC. The van der Waals surface area contributed by atoms with Gasteiger partial charge in [-0.15, -0.1) is 0 Å². The number of hydrogen-bond donors (Lipinski definition) is 0. The quantitative estimate of drug-likeness (QED) is 0.799. The van der Waals surface area contributed by atoms with Gasteiger partial charge in [0.1, 0.15) is 0 Å². The van der Waals surface area contributed by atoms with Crippen LogP contribution in [0.5, 0.6) is 17.2 Å². The Bertz CT molecular complexity index is 1010. The maximum Gasteiger partial charge on any atom is 0.203 e. The summed E-state index contributed by atoms with van der Waals surface area (Å²) in [5.74, 6) is 1.31. The zero-order valence-electron chi connectivity index (χ0n) is 16.1. The molecule has 2 unspecified atom stereocenters. The average molecular weight is 376 g/mol. The highest BCUT2D eigenvalue weighted by Gasteiger charge is 2.39. The van der Waals surface area contributed by atoms with E-state index in [0.29, 0.717) is 22.8 Å². The Hall–Kier alpha value is -3.46. The summed E-state index contributed by atoms with van der Waals surface area (Å²) in [7, 11) is 4.71. The van der Waals surface area contributed by atoms with Crippen LogP contribution in [0.3, 0.4) is 0 Å². The first-order valence-electron chi connectivity index (χ1n) is 8.85. The van der Waals surface area contributed by atoms with Crippen molar-refractivity contribution < 1.29 is 18.9 Å². The molecule has 2 aliphatic heterocycles. The number of allylic oxidation sites excluding steroid dienone is 4. The molecule has 0 N–H and O–H groups in total. The smallest absolute Gasteiger partial charge is 0.203 e. The van der Waals surface area contributed by atoms with Crippen molar-refractivity contribution in [2.45, 2.75) is 18.9 Å². The van der Waals surface area contributed by atoms with Crippen molar-refractivity contribution in [2.24, 2.45) is 4.99 Å². The maximum atomic E-state index is 9.73. The first kappa shape index (κ1) is 17.9. The summed E-state index contributed by atoms with van der Waals surface area (Å²) in [6.07, 6.45) is 7.13. The Morgan fingerprint density at radius 3 is 2.39 bits per heavy atom. The van der Waals surface area contributed by atoms with Crippen molar-refractivity contribution >= 4 is 5.71 Å². The van der Waals surface area contributed by atoms with E-state index in [9.17, 15) is 5.26 Å². The number of aliphatic imine (C=N–C) groups is 1. The van der Waals surface area contributed by atoms with E-state index in [-0.39, 0.29) is 12.0 Å². The van der Waals surface area contributed by atoms with Gasteiger partial charge in [0.15, 0.2) is 17.6 Å². The fraction of sp³-hybridized carbons (Fsp3) is 0.273. The number of benzene rings is 1. The molecular weight excluding hydrogens is 356 g/mol. The van der Waals surface area contributed by atoms with Crippen LogP contribution in [-0.2, 0) is 4.74 Å². The molecule has 0 fully saturated rings. The van der Waals surface area contributed by atoms with Gasteiger partial charge in [0.25, 0.3) is 0 Å². The molecule has 0 radical (unpaired) electrons. The summed E-state index contributed by atoms with van der Waals surface area (Å²) in [5.41, 5.74) is 5.39. The summed E-state index contributed by atoms with van der Waals surface area (Å²) < 4.78 is 22.3. The molecule has 0 amide bonds. The summed E-state index contributed by atoms with van der Waals surface area (Å²) in [6, 6.07) is 6.02. The van der Waals surface area contributed by atoms with Crippen LogP contribution < -0.4 is 14.2 Å². The van der Waals surface area contributed by atoms with Gasteiger partial charge in [-0.25, -0.2) is 0 Å². The van der Waals surface area contributed by atoms with E-state index in [4.69, 9.17) is 18.9 Å². The average Bonchev–Trinajstić information content (AvgIpc) is 3.12. The third-order valence-corrected chi connectivity index (χ3v) is 5.22. The van der Waals surface area contributed by atoms with Gasteiger partial charge in [-0.3, -0.25) is 4.99 Å². The summed E-state index contributed by atoms with van der Waals surface area (Å²) in [4.78, 5) is 4.54. The molecule has 0 bridgehead atoms. The Balaban J connectivity index is 1.87. The third kappa shape index (κ3) is 2.59. The number of ether oxygens (including phenoxy) is 4. The molecule has 0 spiro atoms. The lowest BCUT2D eigenvalue weighted by molar-refractivity contribution is 0.212. The van der Waals surface area contributed by atoms with Gasteiger partial charge < -0.3 is 18.9 Å². The van der Waals surface area contributed by atoms with E-state index in [0.717, 1.165) is 28.0 Å². The molecule has 1 aliphatic carbocycles. The van der Waals surface area contributed by atoms with Gasteiger partial charge in [0.05, 0.1) is 44.9 Å². The summed E-state index contributed by atoms with van der Waals surface area (Å²) >= 11 is 0. The molecule has 28 heavy (non-hydrogen) atoms. The second-order valence-corrected chi connectivity index (χ2v) is 6.67. The first-order valence-corrected chi connectivity index (χ1v) is 8.85. The number of nitriles is 1. The second-order valence-electron chi connectivity index (χ2n) is 6.67. The van der Waals surface area contributed by atoms with Crippen LogP contribution in [0.25, 0.3) is 0 Å². The van der Waals surface area contributed by atoms with Gasteiger partial charge in [0, 0.05) is 17.7 Å². The highest BCUT2D eigenvalue weighted by Crippen LogP contribution is 2.47. The fourth-order valence-corrected chi connectivity index (χ4v) is 3.87. The predicted octanol–water partition coefficient (Wildman–Crippen LogP) is 3.83. The lowest BCUT2D eigenvalue weighted by Gasteiger charge is -2.34. The third-order valence-electron chi connectivity index (χ3n) is 5.22. The number of fused-ring (bicyclic) bond motifs is 3. The van der Waals surface area contributed by atoms with Crippen LogP contribution in [0.4, 0.5) is 0 Å². The molecule has 4 rings (SSSR count).